The first-order valence-electron chi connectivity index (χ1n) is 7.69. The number of phenols is 1. The van der Waals surface area contributed by atoms with E-state index in [1.807, 2.05) is 49.3 Å². The summed E-state index contributed by atoms with van der Waals surface area (Å²) in [5.74, 6) is -0.758. The number of hydrogen-bond acceptors (Lipinski definition) is 3. The Bertz CT molecular complexity index is 888. The van der Waals surface area contributed by atoms with Crippen LogP contribution in [0, 0.1) is 0 Å². The van der Waals surface area contributed by atoms with E-state index < -0.39 is 5.97 Å². The van der Waals surface area contributed by atoms with Gasteiger partial charge in [-0.25, -0.2) is 4.79 Å². The van der Waals surface area contributed by atoms with Crippen LogP contribution in [0.4, 0.5) is 0 Å². The van der Waals surface area contributed by atoms with Gasteiger partial charge < -0.3 is 10.2 Å². The monoisotopic (exact) mass is 321 g/mol. The van der Waals surface area contributed by atoms with Gasteiger partial charge in [-0.15, -0.1) is 0 Å². The number of carboxylic acids is 1. The lowest BCUT2D eigenvalue weighted by Gasteiger charge is -2.27. The number of benzene rings is 3. The molecule has 3 rings (SSSR count). The third-order valence-corrected chi connectivity index (χ3v) is 4.19. The summed E-state index contributed by atoms with van der Waals surface area (Å²) in [6.07, 6.45) is 0. The molecule has 0 aromatic heterocycles. The van der Waals surface area contributed by atoms with Crippen molar-refractivity contribution in [3.05, 3.63) is 77.4 Å². The molecule has 1 atom stereocenters. The van der Waals surface area contributed by atoms with Gasteiger partial charge in [0, 0.05) is 5.56 Å². The van der Waals surface area contributed by atoms with E-state index in [2.05, 4.69) is 0 Å². The molecule has 0 heterocycles. The van der Waals surface area contributed by atoms with E-state index in [0.29, 0.717) is 0 Å². The van der Waals surface area contributed by atoms with Crippen LogP contribution >= 0.6 is 0 Å². The number of carboxylic acid groups (broad SMARTS) is 1. The highest BCUT2D eigenvalue weighted by molar-refractivity contribution is 5.96. The van der Waals surface area contributed by atoms with E-state index >= 15 is 0 Å². The maximum atomic E-state index is 11.2. The molecule has 3 aromatic rings. The highest BCUT2D eigenvalue weighted by Gasteiger charge is 2.22. The van der Waals surface area contributed by atoms with Gasteiger partial charge in [0.2, 0.25) is 0 Å². The Morgan fingerprint density at radius 1 is 1.00 bits per heavy atom. The summed E-state index contributed by atoms with van der Waals surface area (Å²) >= 11 is 0. The maximum Gasteiger partial charge on any atom is 0.335 e. The Balaban J connectivity index is 2.26. The number of hydrogen-bond donors (Lipinski definition) is 2. The van der Waals surface area contributed by atoms with Crippen LogP contribution in [-0.2, 0) is 0 Å². The highest BCUT2D eigenvalue weighted by atomic mass is 16.4. The van der Waals surface area contributed by atoms with Crippen molar-refractivity contribution in [3.63, 3.8) is 0 Å². The molecule has 0 aliphatic heterocycles. The normalized spacial score (nSPS) is 12.5. The number of aromatic carboxylic acids is 1. The lowest BCUT2D eigenvalue weighted by molar-refractivity contribution is 0.0697. The minimum atomic E-state index is -0.959. The molecule has 2 N–H and O–H groups in total. The van der Waals surface area contributed by atoms with Gasteiger partial charge in [0.25, 0.3) is 0 Å². The summed E-state index contributed by atoms with van der Waals surface area (Å²) in [5, 5.41) is 21.4. The average molecular weight is 321 g/mol. The molecule has 4 nitrogen and oxygen atoms in total. The standard InChI is InChI=1S/C20H19NO3/c1-21(2)19(13-6-4-3-5-7-13)18-16-10-8-15(20(23)24)12-14(16)9-11-17(18)22/h3-12,19,22H,1-2H3,(H,23,24). The molecule has 0 bridgehead atoms. The first kappa shape index (κ1) is 16.0. The quantitative estimate of drug-likeness (QED) is 0.765. The van der Waals surface area contributed by atoms with Crippen LogP contribution < -0.4 is 0 Å². The summed E-state index contributed by atoms with van der Waals surface area (Å²) in [4.78, 5) is 13.2. The third kappa shape index (κ3) is 2.84. The van der Waals surface area contributed by atoms with Crippen molar-refractivity contribution in [1.29, 1.82) is 0 Å². The van der Waals surface area contributed by atoms with E-state index in [0.717, 1.165) is 21.9 Å². The predicted octanol–water partition coefficient (Wildman–Crippen LogP) is 3.89. The number of fused-ring (bicyclic) bond motifs is 1. The van der Waals surface area contributed by atoms with E-state index in [-0.39, 0.29) is 17.4 Å². The predicted molar refractivity (Wildman–Crippen MR) is 94.5 cm³/mol. The van der Waals surface area contributed by atoms with Gasteiger partial charge in [-0.3, -0.25) is 4.90 Å². The second kappa shape index (κ2) is 6.34. The number of aromatic hydroxyl groups is 1. The van der Waals surface area contributed by atoms with Crippen molar-refractivity contribution >= 4 is 16.7 Å². The topological polar surface area (TPSA) is 60.8 Å². The zero-order valence-electron chi connectivity index (χ0n) is 13.6. The molecule has 0 spiro atoms. The Kier molecular flexibility index (Phi) is 4.23. The van der Waals surface area contributed by atoms with E-state index in [9.17, 15) is 15.0 Å². The summed E-state index contributed by atoms with van der Waals surface area (Å²) in [6.45, 7) is 0. The van der Waals surface area contributed by atoms with Crippen LogP contribution in [0.1, 0.15) is 27.5 Å². The number of rotatable bonds is 4. The lowest BCUT2D eigenvalue weighted by Crippen LogP contribution is -2.21. The maximum absolute atomic E-state index is 11.2. The molecule has 0 aliphatic rings. The molecule has 0 fully saturated rings. The first-order valence-corrected chi connectivity index (χ1v) is 7.69. The first-order chi connectivity index (χ1) is 11.5. The molecule has 1 unspecified atom stereocenters. The molecular weight excluding hydrogens is 302 g/mol. The van der Waals surface area contributed by atoms with Gasteiger partial charge >= 0.3 is 5.97 Å². The van der Waals surface area contributed by atoms with Crippen molar-refractivity contribution in [3.8, 4) is 5.75 Å². The molecular formula is C20H19NO3. The van der Waals surface area contributed by atoms with Crippen LogP contribution in [-0.4, -0.2) is 35.2 Å². The molecule has 4 heteroatoms. The van der Waals surface area contributed by atoms with Crippen molar-refractivity contribution < 1.29 is 15.0 Å². The van der Waals surface area contributed by atoms with E-state index in [1.165, 1.54) is 0 Å². The second-order valence-electron chi connectivity index (χ2n) is 6.02. The fraction of sp³-hybridized carbons (Fsp3) is 0.150. The van der Waals surface area contributed by atoms with Gasteiger partial charge in [0.1, 0.15) is 5.75 Å². The summed E-state index contributed by atoms with van der Waals surface area (Å²) in [6, 6.07) is 18.2. The smallest absolute Gasteiger partial charge is 0.335 e. The molecule has 0 amide bonds. The average Bonchev–Trinajstić information content (AvgIpc) is 2.57. The Hall–Kier alpha value is -2.85. The summed E-state index contributed by atoms with van der Waals surface area (Å²) in [5.41, 5.74) is 2.08. The van der Waals surface area contributed by atoms with Crippen molar-refractivity contribution in [2.24, 2.45) is 0 Å². The van der Waals surface area contributed by atoms with Gasteiger partial charge in [-0.1, -0.05) is 42.5 Å². The van der Waals surface area contributed by atoms with Gasteiger partial charge in [0.05, 0.1) is 11.6 Å². The zero-order valence-corrected chi connectivity index (χ0v) is 13.6. The van der Waals surface area contributed by atoms with Crippen LogP contribution in [0.3, 0.4) is 0 Å². The van der Waals surface area contributed by atoms with Crippen molar-refractivity contribution in [1.82, 2.24) is 4.90 Å². The zero-order chi connectivity index (χ0) is 17.3. The van der Waals surface area contributed by atoms with E-state index in [1.54, 1.807) is 30.3 Å². The molecule has 24 heavy (non-hydrogen) atoms. The molecule has 0 saturated heterocycles. The van der Waals surface area contributed by atoms with Crippen molar-refractivity contribution in [2.75, 3.05) is 14.1 Å². The Labute approximate surface area is 140 Å². The Morgan fingerprint density at radius 3 is 2.33 bits per heavy atom. The SMILES string of the molecule is CN(C)C(c1ccccc1)c1c(O)ccc2cc(C(=O)O)ccc12. The fourth-order valence-electron chi connectivity index (χ4n) is 3.12. The minimum Gasteiger partial charge on any atom is -0.508 e. The minimum absolute atomic E-state index is 0.134. The lowest BCUT2D eigenvalue weighted by atomic mass is 9.91. The molecule has 0 radical (unpaired) electrons. The van der Waals surface area contributed by atoms with Gasteiger partial charge in [0.15, 0.2) is 0 Å². The molecule has 122 valence electrons. The summed E-state index contributed by atoms with van der Waals surface area (Å²) < 4.78 is 0. The second-order valence-corrected chi connectivity index (χ2v) is 6.02. The highest BCUT2D eigenvalue weighted by Crippen LogP contribution is 2.38. The molecule has 0 aliphatic carbocycles. The Morgan fingerprint density at radius 2 is 1.71 bits per heavy atom. The van der Waals surface area contributed by atoms with Crippen LogP contribution in [0.5, 0.6) is 5.75 Å². The van der Waals surface area contributed by atoms with Gasteiger partial charge in [-0.05, 0) is 48.6 Å². The van der Waals surface area contributed by atoms with Crippen LogP contribution in [0.25, 0.3) is 10.8 Å². The van der Waals surface area contributed by atoms with Crippen molar-refractivity contribution in [2.45, 2.75) is 6.04 Å². The van der Waals surface area contributed by atoms with E-state index in [4.69, 9.17) is 0 Å². The summed E-state index contributed by atoms with van der Waals surface area (Å²) in [7, 11) is 3.92. The number of nitrogens with zero attached hydrogens (tertiary/aromatic N) is 1. The van der Waals surface area contributed by atoms with Gasteiger partial charge in [-0.2, -0.15) is 0 Å². The third-order valence-electron chi connectivity index (χ3n) is 4.19. The number of carbonyl (C=O) groups is 1. The van der Waals surface area contributed by atoms with Crippen LogP contribution in [0.2, 0.25) is 0 Å². The molecule has 3 aromatic carbocycles. The number of phenolic OH excluding ortho intramolecular Hbond substituents is 1. The molecule has 0 saturated carbocycles. The largest absolute Gasteiger partial charge is 0.508 e. The van der Waals surface area contributed by atoms with Crippen LogP contribution in [0.15, 0.2) is 60.7 Å². The fourth-order valence-corrected chi connectivity index (χ4v) is 3.12.